The van der Waals surface area contributed by atoms with E-state index in [0.29, 0.717) is 18.5 Å². The summed E-state index contributed by atoms with van der Waals surface area (Å²) in [6.07, 6.45) is 4.93. The zero-order valence-electron chi connectivity index (χ0n) is 11.0. The Morgan fingerprint density at radius 3 is 2.62 bits per heavy atom. The van der Waals surface area contributed by atoms with Crippen molar-refractivity contribution in [2.24, 2.45) is 17.6 Å². The normalized spacial score (nSPS) is 33.9. The van der Waals surface area contributed by atoms with E-state index in [1.54, 1.807) is 0 Å². The van der Waals surface area contributed by atoms with Crippen molar-refractivity contribution in [3.8, 4) is 0 Å². The first-order valence-electron chi connectivity index (χ1n) is 6.65. The highest BCUT2D eigenvalue weighted by molar-refractivity contribution is 4.98. The van der Waals surface area contributed by atoms with E-state index in [4.69, 9.17) is 10.8 Å². The molecule has 0 aromatic heterocycles. The van der Waals surface area contributed by atoms with Crippen LogP contribution in [0.5, 0.6) is 0 Å². The molecular formula is C13H28N2O. The lowest BCUT2D eigenvalue weighted by Gasteiger charge is -2.35. The van der Waals surface area contributed by atoms with E-state index in [-0.39, 0.29) is 12.1 Å². The first-order valence-corrected chi connectivity index (χ1v) is 6.65. The van der Waals surface area contributed by atoms with E-state index in [0.717, 1.165) is 5.92 Å². The molecule has 0 amide bonds. The lowest BCUT2D eigenvalue weighted by atomic mass is 9.92. The van der Waals surface area contributed by atoms with Crippen LogP contribution in [0.4, 0.5) is 0 Å². The van der Waals surface area contributed by atoms with Gasteiger partial charge in [0.05, 0.1) is 0 Å². The molecule has 0 heterocycles. The zero-order chi connectivity index (χ0) is 12.2. The third kappa shape index (κ3) is 3.19. The van der Waals surface area contributed by atoms with Crippen LogP contribution in [0, 0.1) is 11.8 Å². The molecule has 0 aromatic carbocycles. The fourth-order valence-electron chi connectivity index (χ4n) is 2.74. The van der Waals surface area contributed by atoms with Gasteiger partial charge in [-0.05, 0) is 38.0 Å². The molecule has 0 aromatic rings. The van der Waals surface area contributed by atoms with Crippen LogP contribution in [0.2, 0.25) is 0 Å². The first kappa shape index (κ1) is 13.9. The van der Waals surface area contributed by atoms with E-state index >= 15 is 0 Å². The smallest absolute Gasteiger partial charge is 0.0471 e. The molecule has 16 heavy (non-hydrogen) atoms. The summed E-state index contributed by atoms with van der Waals surface area (Å²) in [5.74, 6) is 1.12. The summed E-state index contributed by atoms with van der Waals surface area (Å²) in [6, 6.07) is 0.337. The number of nitrogens with two attached hydrogens (primary N) is 1. The summed E-state index contributed by atoms with van der Waals surface area (Å²) in [5, 5.41) is 12.8. The molecule has 0 saturated heterocycles. The highest BCUT2D eigenvalue weighted by atomic mass is 16.3. The van der Waals surface area contributed by atoms with Crippen LogP contribution in [-0.4, -0.2) is 29.8 Å². The maximum Gasteiger partial charge on any atom is 0.0471 e. The molecule has 1 aliphatic carbocycles. The molecule has 4 N–H and O–H groups in total. The summed E-state index contributed by atoms with van der Waals surface area (Å²) in [6.45, 7) is 7.45. The van der Waals surface area contributed by atoms with Crippen molar-refractivity contribution >= 4 is 0 Å². The Labute approximate surface area is 99.8 Å². The molecule has 0 aliphatic heterocycles. The van der Waals surface area contributed by atoms with Gasteiger partial charge < -0.3 is 16.2 Å². The minimum absolute atomic E-state index is 0.128. The second-order valence-electron chi connectivity index (χ2n) is 5.59. The molecular weight excluding hydrogens is 200 g/mol. The molecule has 4 unspecified atom stereocenters. The van der Waals surface area contributed by atoms with Crippen LogP contribution in [-0.2, 0) is 0 Å². The second-order valence-corrected chi connectivity index (χ2v) is 5.59. The summed E-state index contributed by atoms with van der Waals surface area (Å²) < 4.78 is 0. The molecule has 1 saturated carbocycles. The highest BCUT2D eigenvalue weighted by Crippen LogP contribution is 2.36. The summed E-state index contributed by atoms with van der Waals surface area (Å²) in [4.78, 5) is 0. The molecule has 0 radical (unpaired) electrons. The van der Waals surface area contributed by atoms with Gasteiger partial charge in [-0.15, -0.1) is 0 Å². The lowest BCUT2D eigenvalue weighted by Crippen LogP contribution is -2.54. The van der Waals surface area contributed by atoms with Gasteiger partial charge in [0, 0.05) is 24.7 Å². The van der Waals surface area contributed by atoms with Crippen LogP contribution in [0.1, 0.15) is 46.5 Å². The number of nitrogens with one attached hydrogen (secondary N) is 1. The highest BCUT2D eigenvalue weighted by Gasteiger charge is 2.38. The quantitative estimate of drug-likeness (QED) is 0.646. The zero-order valence-corrected chi connectivity index (χ0v) is 11.0. The molecule has 0 bridgehead atoms. The Hall–Kier alpha value is -0.120. The molecule has 1 aliphatic rings. The van der Waals surface area contributed by atoms with E-state index < -0.39 is 0 Å². The molecule has 3 heteroatoms. The minimum atomic E-state index is 0.128. The number of aliphatic hydroxyl groups is 1. The largest absolute Gasteiger partial charge is 0.396 e. The Morgan fingerprint density at radius 1 is 1.50 bits per heavy atom. The van der Waals surface area contributed by atoms with Crippen LogP contribution >= 0.6 is 0 Å². The summed E-state index contributed by atoms with van der Waals surface area (Å²) in [7, 11) is 0. The third-order valence-electron chi connectivity index (χ3n) is 4.35. The summed E-state index contributed by atoms with van der Waals surface area (Å²) in [5.41, 5.74) is 6.08. The van der Waals surface area contributed by atoms with Crippen molar-refractivity contribution < 1.29 is 5.11 Å². The Balaban J connectivity index is 2.54. The average molecular weight is 228 g/mol. The van der Waals surface area contributed by atoms with Crippen LogP contribution in [0.3, 0.4) is 0 Å². The Kier molecular flexibility index (Phi) is 5.22. The van der Waals surface area contributed by atoms with Gasteiger partial charge in [0.1, 0.15) is 0 Å². The molecule has 1 fully saturated rings. The fourth-order valence-corrected chi connectivity index (χ4v) is 2.74. The van der Waals surface area contributed by atoms with Crippen LogP contribution in [0.15, 0.2) is 0 Å². The Morgan fingerprint density at radius 2 is 2.19 bits per heavy atom. The predicted molar refractivity (Wildman–Crippen MR) is 68.3 cm³/mol. The van der Waals surface area contributed by atoms with Gasteiger partial charge in [0.25, 0.3) is 0 Å². The summed E-state index contributed by atoms with van der Waals surface area (Å²) >= 11 is 0. The second kappa shape index (κ2) is 5.99. The fraction of sp³-hybridized carbons (Fsp3) is 1.00. The maximum absolute atomic E-state index is 9.16. The standard InChI is InChI=1S/C13H28N2O/c1-4-12-5-6-13(7-12,9-14)15-11(3)10(2)8-16/h10-12,15-16H,4-9,14H2,1-3H3. The Bertz CT molecular complexity index is 210. The van der Waals surface area contributed by atoms with Gasteiger partial charge in [0.2, 0.25) is 0 Å². The number of hydrogen-bond acceptors (Lipinski definition) is 3. The number of aliphatic hydroxyl groups excluding tert-OH is 1. The van der Waals surface area contributed by atoms with Gasteiger partial charge in [0.15, 0.2) is 0 Å². The van der Waals surface area contributed by atoms with Crippen molar-refractivity contribution in [2.45, 2.75) is 58.0 Å². The predicted octanol–water partition coefficient (Wildman–Crippen LogP) is 1.50. The van der Waals surface area contributed by atoms with Gasteiger partial charge in [-0.3, -0.25) is 0 Å². The van der Waals surface area contributed by atoms with Crippen LogP contribution < -0.4 is 11.1 Å². The maximum atomic E-state index is 9.16. The third-order valence-corrected chi connectivity index (χ3v) is 4.35. The van der Waals surface area contributed by atoms with E-state index in [1.165, 1.54) is 25.7 Å². The topological polar surface area (TPSA) is 58.3 Å². The van der Waals surface area contributed by atoms with E-state index in [1.807, 2.05) is 0 Å². The number of rotatable bonds is 6. The van der Waals surface area contributed by atoms with Gasteiger partial charge >= 0.3 is 0 Å². The molecule has 96 valence electrons. The lowest BCUT2D eigenvalue weighted by molar-refractivity contribution is 0.179. The van der Waals surface area contributed by atoms with Crippen molar-refractivity contribution in [1.29, 1.82) is 0 Å². The monoisotopic (exact) mass is 228 g/mol. The number of hydrogen-bond donors (Lipinski definition) is 3. The van der Waals surface area contributed by atoms with Crippen molar-refractivity contribution in [3.05, 3.63) is 0 Å². The van der Waals surface area contributed by atoms with Crippen LogP contribution in [0.25, 0.3) is 0 Å². The first-order chi connectivity index (χ1) is 7.56. The molecule has 1 rings (SSSR count). The van der Waals surface area contributed by atoms with Gasteiger partial charge in [-0.2, -0.15) is 0 Å². The van der Waals surface area contributed by atoms with E-state index in [9.17, 15) is 0 Å². The average Bonchev–Trinajstić information content (AvgIpc) is 2.72. The van der Waals surface area contributed by atoms with Gasteiger partial charge in [-0.25, -0.2) is 0 Å². The van der Waals surface area contributed by atoms with Gasteiger partial charge in [-0.1, -0.05) is 20.3 Å². The van der Waals surface area contributed by atoms with Crippen molar-refractivity contribution in [1.82, 2.24) is 5.32 Å². The van der Waals surface area contributed by atoms with Crippen molar-refractivity contribution in [2.75, 3.05) is 13.2 Å². The van der Waals surface area contributed by atoms with Crippen molar-refractivity contribution in [3.63, 3.8) is 0 Å². The van der Waals surface area contributed by atoms with E-state index in [2.05, 4.69) is 26.1 Å². The molecule has 4 atom stereocenters. The molecule has 3 nitrogen and oxygen atoms in total. The molecule has 0 spiro atoms. The minimum Gasteiger partial charge on any atom is -0.396 e. The SMILES string of the molecule is CCC1CCC(CN)(NC(C)C(C)CO)C1.